The van der Waals surface area contributed by atoms with Crippen LogP contribution in [-0.2, 0) is 10.0 Å². The number of halogens is 1. The van der Waals surface area contributed by atoms with E-state index in [0.717, 1.165) is 25.0 Å². The molecule has 1 fully saturated rings. The van der Waals surface area contributed by atoms with Crippen LogP contribution in [0.4, 0.5) is 10.1 Å². The van der Waals surface area contributed by atoms with Crippen LogP contribution in [0.5, 0.6) is 0 Å². The van der Waals surface area contributed by atoms with Crippen molar-refractivity contribution in [3.05, 3.63) is 34.1 Å². The van der Waals surface area contributed by atoms with Crippen LogP contribution >= 0.6 is 0 Å². The summed E-state index contributed by atoms with van der Waals surface area (Å²) >= 11 is 0. The van der Waals surface area contributed by atoms with Crippen molar-refractivity contribution in [2.24, 2.45) is 0 Å². The van der Waals surface area contributed by atoms with Crippen molar-refractivity contribution in [3.63, 3.8) is 0 Å². The summed E-state index contributed by atoms with van der Waals surface area (Å²) in [6.45, 7) is 0. The molecule has 1 aromatic carbocycles. The third kappa shape index (κ3) is 3.55. The van der Waals surface area contributed by atoms with Gasteiger partial charge in [0.05, 0.1) is 17.1 Å². The first-order chi connectivity index (χ1) is 9.81. The van der Waals surface area contributed by atoms with Crippen LogP contribution in [0.15, 0.2) is 23.1 Å². The first kappa shape index (κ1) is 15.8. The molecule has 1 aromatic rings. The largest absolute Gasteiger partial charge is 0.391 e. The Morgan fingerprint density at radius 2 is 2.00 bits per heavy atom. The molecule has 9 heteroatoms. The molecule has 0 heterocycles. The van der Waals surface area contributed by atoms with Gasteiger partial charge in [-0.05, 0) is 25.0 Å². The molecule has 2 atom stereocenters. The number of hydrogen-bond donors (Lipinski definition) is 2. The number of nitro groups is 1. The molecule has 0 aliphatic heterocycles. The topological polar surface area (TPSA) is 110 Å². The third-order valence-electron chi connectivity index (χ3n) is 3.44. The second-order valence-corrected chi connectivity index (χ2v) is 6.63. The molecule has 116 valence electrons. The number of nitrogens with one attached hydrogen (secondary N) is 1. The van der Waals surface area contributed by atoms with Crippen molar-refractivity contribution < 1.29 is 22.8 Å². The van der Waals surface area contributed by atoms with Crippen molar-refractivity contribution in [1.82, 2.24) is 4.72 Å². The lowest BCUT2D eigenvalue weighted by Crippen LogP contribution is -2.45. The van der Waals surface area contributed by atoms with Crippen molar-refractivity contribution in [1.29, 1.82) is 0 Å². The Morgan fingerprint density at radius 1 is 1.33 bits per heavy atom. The van der Waals surface area contributed by atoms with Crippen LogP contribution in [0.1, 0.15) is 25.7 Å². The number of hydrogen-bond acceptors (Lipinski definition) is 5. The zero-order valence-corrected chi connectivity index (χ0v) is 11.8. The zero-order chi connectivity index (χ0) is 15.6. The van der Waals surface area contributed by atoms with E-state index in [4.69, 9.17) is 0 Å². The van der Waals surface area contributed by atoms with E-state index < -0.39 is 43.5 Å². The fraction of sp³-hybridized carbons (Fsp3) is 0.500. The summed E-state index contributed by atoms with van der Waals surface area (Å²) in [5.74, 6) is -0.890. The molecule has 0 amide bonds. The van der Waals surface area contributed by atoms with E-state index in [1.165, 1.54) is 0 Å². The lowest BCUT2D eigenvalue weighted by atomic mass is 9.93. The molecular weight excluding hydrogens is 303 g/mol. The first-order valence-corrected chi connectivity index (χ1v) is 7.94. The number of rotatable bonds is 4. The average molecular weight is 318 g/mol. The number of aliphatic hydroxyl groups is 1. The minimum absolute atomic E-state index is 0.454. The van der Waals surface area contributed by atoms with Gasteiger partial charge in [0, 0.05) is 6.04 Å². The van der Waals surface area contributed by atoms with E-state index in [1.54, 1.807) is 0 Å². The molecule has 1 aliphatic rings. The van der Waals surface area contributed by atoms with Crippen molar-refractivity contribution in [2.75, 3.05) is 0 Å². The fourth-order valence-electron chi connectivity index (χ4n) is 2.37. The third-order valence-corrected chi connectivity index (χ3v) is 4.98. The predicted molar refractivity (Wildman–Crippen MR) is 71.6 cm³/mol. The SMILES string of the molecule is O=[N+]([O-])c1cc(F)ccc1S(=O)(=O)N[C@@H]1CCCC[C@H]1O. The molecule has 0 spiro atoms. The normalized spacial score (nSPS) is 23.0. The first-order valence-electron chi connectivity index (χ1n) is 6.45. The van der Waals surface area contributed by atoms with Gasteiger partial charge in [-0.25, -0.2) is 17.5 Å². The summed E-state index contributed by atoms with van der Waals surface area (Å²) in [5.41, 5.74) is -0.826. The zero-order valence-electron chi connectivity index (χ0n) is 11.0. The van der Waals surface area contributed by atoms with Crippen LogP contribution in [0.3, 0.4) is 0 Å². The van der Waals surface area contributed by atoms with Gasteiger partial charge in [-0.3, -0.25) is 10.1 Å². The van der Waals surface area contributed by atoms with Gasteiger partial charge in [0.25, 0.3) is 5.69 Å². The number of nitrogens with zero attached hydrogens (tertiary/aromatic N) is 1. The maximum atomic E-state index is 13.1. The van der Waals surface area contributed by atoms with Gasteiger partial charge in [-0.1, -0.05) is 12.8 Å². The highest BCUT2D eigenvalue weighted by atomic mass is 32.2. The molecule has 1 saturated carbocycles. The van der Waals surface area contributed by atoms with E-state index >= 15 is 0 Å². The van der Waals surface area contributed by atoms with E-state index in [-0.39, 0.29) is 0 Å². The van der Waals surface area contributed by atoms with Crippen LogP contribution in [0.25, 0.3) is 0 Å². The Bertz CT molecular complexity index is 649. The van der Waals surface area contributed by atoms with Gasteiger partial charge >= 0.3 is 0 Å². The summed E-state index contributed by atoms with van der Waals surface area (Å²) in [5, 5.41) is 20.7. The van der Waals surface area contributed by atoms with Gasteiger partial charge < -0.3 is 5.11 Å². The Hall–Kier alpha value is -1.58. The second-order valence-electron chi connectivity index (χ2n) is 4.95. The second kappa shape index (κ2) is 6.04. The molecule has 0 aromatic heterocycles. The van der Waals surface area contributed by atoms with E-state index in [1.807, 2.05) is 0 Å². The Balaban J connectivity index is 2.33. The molecule has 0 radical (unpaired) electrons. The van der Waals surface area contributed by atoms with Crippen molar-refractivity contribution in [2.45, 2.75) is 42.7 Å². The van der Waals surface area contributed by atoms with E-state index in [2.05, 4.69) is 4.72 Å². The summed E-state index contributed by atoms with van der Waals surface area (Å²) in [6.07, 6.45) is 1.66. The minimum atomic E-state index is -4.20. The molecule has 0 unspecified atom stereocenters. The highest BCUT2D eigenvalue weighted by molar-refractivity contribution is 7.89. The Kier molecular flexibility index (Phi) is 4.55. The Morgan fingerprint density at radius 3 is 2.62 bits per heavy atom. The van der Waals surface area contributed by atoms with Gasteiger partial charge in [0.2, 0.25) is 10.0 Å². The molecule has 2 rings (SSSR count). The highest BCUT2D eigenvalue weighted by Crippen LogP contribution is 2.26. The maximum absolute atomic E-state index is 13.1. The van der Waals surface area contributed by atoms with Gasteiger partial charge in [-0.15, -0.1) is 0 Å². The Labute approximate surface area is 121 Å². The van der Waals surface area contributed by atoms with Crippen LogP contribution in [0.2, 0.25) is 0 Å². The summed E-state index contributed by atoms with van der Waals surface area (Å²) in [6, 6.07) is 1.57. The number of sulfonamides is 1. The monoisotopic (exact) mass is 318 g/mol. The smallest absolute Gasteiger partial charge is 0.292 e. The van der Waals surface area contributed by atoms with Gasteiger partial charge in [0.15, 0.2) is 4.90 Å². The van der Waals surface area contributed by atoms with Crippen LogP contribution in [-0.4, -0.2) is 30.6 Å². The van der Waals surface area contributed by atoms with Crippen LogP contribution < -0.4 is 4.72 Å². The van der Waals surface area contributed by atoms with E-state index in [9.17, 15) is 28.0 Å². The molecule has 1 aliphatic carbocycles. The summed E-state index contributed by atoms with van der Waals surface area (Å²) in [7, 11) is -4.20. The number of benzene rings is 1. The van der Waals surface area contributed by atoms with Crippen molar-refractivity contribution in [3.8, 4) is 0 Å². The summed E-state index contributed by atoms with van der Waals surface area (Å²) < 4.78 is 39.8. The lowest BCUT2D eigenvalue weighted by Gasteiger charge is -2.27. The quantitative estimate of drug-likeness (QED) is 0.642. The standard InChI is InChI=1S/C12H15FN2O5S/c13-8-5-6-12(10(7-8)15(17)18)21(19,20)14-9-3-1-2-4-11(9)16/h5-7,9,11,14,16H,1-4H2/t9-,11-/m1/s1. The van der Waals surface area contributed by atoms with Crippen LogP contribution in [0, 0.1) is 15.9 Å². The molecule has 21 heavy (non-hydrogen) atoms. The number of aliphatic hydroxyl groups excluding tert-OH is 1. The number of nitro benzene ring substituents is 1. The molecule has 2 N–H and O–H groups in total. The maximum Gasteiger partial charge on any atom is 0.292 e. The minimum Gasteiger partial charge on any atom is -0.391 e. The van der Waals surface area contributed by atoms with E-state index in [0.29, 0.717) is 18.9 Å². The van der Waals surface area contributed by atoms with Crippen molar-refractivity contribution >= 4 is 15.7 Å². The summed E-state index contributed by atoms with van der Waals surface area (Å²) in [4.78, 5) is 9.32. The lowest BCUT2D eigenvalue weighted by molar-refractivity contribution is -0.388. The van der Waals surface area contributed by atoms with Gasteiger partial charge in [0.1, 0.15) is 5.82 Å². The molecule has 0 bridgehead atoms. The molecule has 7 nitrogen and oxygen atoms in total. The average Bonchev–Trinajstić information content (AvgIpc) is 2.40. The fourth-order valence-corrected chi connectivity index (χ4v) is 3.83. The molecular formula is C12H15FN2O5S. The van der Waals surface area contributed by atoms with Gasteiger partial charge in [-0.2, -0.15) is 0 Å². The molecule has 0 saturated heterocycles. The highest BCUT2D eigenvalue weighted by Gasteiger charge is 2.32. The predicted octanol–water partition coefficient (Wildman–Crippen LogP) is 1.32.